The Morgan fingerprint density at radius 1 is 1.50 bits per heavy atom. The van der Waals surface area contributed by atoms with Crippen molar-refractivity contribution in [3.8, 4) is 0 Å². The maximum Gasteiger partial charge on any atom is 0.315 e. The Hall–Kier alpha value is -1.91. The minimum atomic E-state index is -1.16. The van der Waals surface area contributed by atoms with Crippen LogP contribution in [-0.2, 0) is 16.0 Å². The van der Waals surface area contributed by atoms with Gasteiger partial charge in [-0.15, -0.1) is 0 Å². The molecule has 1 aromatic carbocycles. The fourth-order valence-corrected chi connectivity index (χ4v) is 2.17. The minimum Gasteiger partial charge on any atom is -0.481 e. The number of nitrogens with one attached hydrogen (secondary N) is 1. The molecule has 0 saturated heterocycles. The van der Waals surface area contributed by atoms with Crippen molar-refractivity contribution in [3.05, 3.63) is 35.1 Å². The molecule has 0 bridgehead atoms. The van der Waals surface area contributed by atoms with Gasteiger partial charge >= 0.3 is 5.97 Å². The third-order valence-corrected chi connectivity index (χ3v) is 3.29. The van der Waals surface area contributed by atoms with E-state index >= 15 is 0 Å². The normalized spacial score (nSPS) is 19.1. The van der Waals surface area contributed by atoms with Crippen molar-refractivity contribution < 1.29 is 19.1 Å². The molecule has 0 aromatic heterocycles. The largest absolute Gasteiger partial charge is 0.481 e. The van der Waals surface area contributed by atoms with E-state index in [4.69, 9.17) is 5.11 Å². The maximum absolute atomic E-state index is 13.5. The lowest BCUT2D eigenvalue weighted by Crippen LogP contribution is -2.35. The molecule has 2 unspecified atom stereocenters. The third-order valence-electron chi connectivity index (χ3n) is 3.29. The number of hydrogen-bond acceptors (Lipinski definition) is 2. The van der Waals surface area contributed by atoms with E-state index in [-0.39, 0.29) is 11.9 Å². The SMILES string of the molecule is CC(C(=O)O)C(=O)NC1CCc2c(F)cccc21. The zero-order valence-corrected chi connectivity index (χ0v) is 9.94. The van der Waals surface area contributed by atoms with Gasteiger partial charge in [-0.2, -0.15) is 0 Å². The van der Waals surface area contributed by atoms with E-state index in [1.165, 1.54) is 13.0 Å². The molecule has 0 fully saturated rings. The Morgan fingerprint density at radius 3 is 2.89 bits per heavy atom. The van der Waals surface area contributed by atoms with Crippen LogP contribution in [0.5, 0.6) is 0 Å². The number of hydrogen-bond donors (Lipinski definition) is 2. The molecule has 0 heterocycles. The molecule has 18 heavy (non-hydrogen) atoms. The Kier molecular flexibility index (Phi) is 3.32. The fraction of sp³-hybridized carbons (Fsp3) is 0.385. The number of carboxylic acids is 1. The fourth-order valence-electron chi connectivity index (χ4n) is 2.17. The number of benzene rings is 1. The van der Waals surface area contributed by atoms with Crippen molar-refractivity contribution in [1.82, 2.24) is 5.32 Å². The number of fused-ring (bicyclic) bond motifs is 1. The first-order chi connectivity index (χ1) is 8.50. The number of carboxylic acid groups (broad SMARTS) is 1. The minimum absolute atomic E-state index is 0.268. The third kappa shape index (κ3) is 2.20. The van der Waals surface area contributed by atoms with Gasteiger partial charge in [-0.05, 0) is 37.0 Å². The van der Waals surface area contributed by atoms with Crippen molar-refractivity contribution >= 4 is 11.9 Å². The van der Waals surface area contributed by atoms with Crippen LogP contribution in [0.3, 0.4) is 0 Å². The van der Waals surface area contributed by atoms with Gasteiger partial charge in [-0.25, -0.2) is 4.39 Å². The van der Waals surface area contributed by atoms with Gasteiger partial charge < -0.3 is 10.4 Å². The van der Waals surface area contributed by atoms with Crippen molar-refractivity contribution in [3.63, 3.8) is 0 Å². The van der Waals surface area contributed by atoms with Crippen LogP contribution in [0.15, 0.2) is 18.2 Å². The van der Waals surface area contributed by atoms with Gasteiger partial charge in [0.05, 0.1) is 6.04 Å². The van der Waals surface area contributed by atoms with Gasteiger partial charge in [0.15, 0.2) is 0 Å². The molecule has 1 amide bonds. The molecule has 0 spiro atoms. The lowest BCUT2D eigenvalue weighted by Gasteiger charge is -2.15. The lowest BCUT2D eigenvalue weighted by atomic mass is 10.1. The molecule has 0 radical (unpaired) electrons. The molecule has 96 valence electrons. The first-order valence-electron chi connectivity index (χ1n) is 5.81. The predicted octanol–water partition coefficient (Wildman–Crippen LogP) is 1.65. The molecule has 2 atom stereocenters. The van der Waals surface area contributed by atoms with Crippen molar-refractivity contribution in [1.29, 1.82) is 0 Å². The predicted molar refractivity (Wildman–Crippen MR) is 62.4 cm³/mol. The summed E-state index contributed by atoms with van der Waals surface area (Å²) in [6.07, 6.45) is 1.17. The summed E-state index contributed by atoms with van der Waals surface area (Å²) in [7, 11) is 0. The molecule has 1 aliphatic rings. The van der Waals surface area contributed by atoms with Gasteiger partial charge in [0.1, 0.15) is 11.7 Å². The van der Waals surface area contributed by atoms with Gasteiger partial charge in [-0.3, -0.25) is 9.59 Å². The maximum atomic E-state index is 13.5. The van der Waals surface area contributed by atoms with E-state index in [1.807, 2.05) is 0 Å². The molecule has 4 nitrogen and oxygen atoms in total. The Morgan fingerprint density at radius 2 is 2.22 bits per heavy atom. The van der Waals surface area contributed by atoms with Crippen LogP contribution in [0, 0.1) is 11.7 Å². The number of halogens is 1. The van der Waals surface area contributed by atoms with Crippen LogP contribution >= 0.6 is 0 Å². The number of aliphatic carboxylic acids is 1. The van der Waals surface area contributed by atoms with E-state index in [0.717, 1.165) is 5.56 Å². The van der Waals surface area contributed by atoms with Gasteiger partial charge in [-0.1, -0.05) is 12.1 Å². The Bertz CT molecular complexity index is 501. The number of rotatable bonds is 3. The first kappa shape index (κ1) is 12.5. The lowest BCUT2D eigenvalue weighted by molar-refractivity contribution is -0.146. The highest BCUT2D eigenvalue weighted by molar-refractivity contribution is 5.96. The van der Waals surface area contributed by atoms with E-state index < -0.39 is 17.8 Å². The second kappa shape index (κ2) is 4.76. The molecule has 0 saturated carbocycles. The van der Waals surface area contributed by atoms with Crippen molar-refractivity contribution in [2.24, 2.45) is 5.92 Å². The van der Waals surface area contributed by atoms with Crippen LogP contribution < -0.4 is 5.32 Å². The van der Waals surface area contributed by atoms with Crippen molar-refractivity contribution in [2.45, 2.75) is 25.8 Å². The van der Waals surface area contributed by atoms with Crippen LogP contribution in [0.4, 0.5) is 4.39 Å². The highest BCUT2D eigenvalue weighted by Crippen LogP contribution is 2.32. The van der Waals surface area contributed by atoms with E-state index in [2.05, 4.69) is 5.32 Å². The van der Waals surface area contributed by atoms with Crippen LogP contribution in [0.25, 0.3) is 0 Å². The summed E-state index contributed by atoms with van der Waals surface area (Å²) < 4.78 is 13.5. The van der Waals surface area contributed by atoms with E-state index in [9.17, 15) is 14.0 Å². The standard InChI is InChI=1S/C13H14FNO3/c1-7(13(17)18)12(16)15-11-6-5-8-9(11)3-2-4-10(8)14/h2-4,7,11H,5-6H2,1H3,(H,15,16)(H,17,18). The highest BCUT2D eigenvalue weighted by atomic mass is 19.1. The topological polar surface area (TPSA) is 66.4 Å². The summed E-state index contributed by atoms with van der Waals surface area (Å²) in [6.45, 7) is 1.33. The molecule has 2 rings (SSSR count). The Labute approximate surface area is 104 Å². The molecule has 2 N–H and O–H groups in total. The average molecular weight is 251 g/mol. The van der Waals surface area contributed by atoms with Gasteiger partial charge in [0.2, 0.25) is 5.91 Å². The summed E-state index contributed by atoms with van der Waals surface area (Å²) in [6, 6.07) is 4.47. The van der Waals surface area contributed by atoms with Crippen LogP contribution in [-0.4, -0.2) is 17.0 Å². The zero-order valence-electron chi connectivity index (χ0n) is 9.94. The molecular formula is C13H14FNO3. The number of carbonyl (C=O) groups is 2. The molecule has 0 aliphatic heterocycles. The van der Waals surface area contributed by atoms with Crippen molar-refractivity contribution in [2.75, 3.05) is 0 Å². The second-order valence-electron chi connectivity index (χ2n) is 4.47. The molecule has 5 heteroatoms. The summed E-state index contributed by atoms with van der Waals surface area (Å²) in [4.78, 5) is 22.3. The quantitative estimate of drug-likeness (QED) is 0.803. The van der Waals surface area contributed by atoms with Gasteiger partial charge in [0.25, 0.3) is 0 Å². The Balaban J connectivity index is 2.13. The number of amides is 1. The van der Waals surface area contributed by atoms with Gasteiger partial charge in [0, 0.05) is 0 Å². The second-order valence-corrected chi connectivity index (χ2v) is 4.47. The molecule has 1 aromatic rings. The first-order valence-corrected chi connectivity index (χ1v) is 5.81. The summed E-state index contributed by atoms with van der Waals surface area (Å²) in [5.41, 5.74) is 1.37. The zero-order chi connectivity index (χ0) is 13.3. The number of carbonyl (C=O) groups excluding carboxylic acids is 1. The monoisotopic (exact) mass is 251 g/mol. The summed E-state index contributed by atoms with van der Waals surface area (Å²) >= 11 is 0. The smallest absolute Gasteiger partial charge is 0.315 e. The summed E-state index contributed by atoms with van der Waals surface area (Å²) in [5.74, 6) is -3.06. The molecular weight excluding hydrogens is 237 g/mol. The van der Waals surface area contributed by atoms with E-state index in [1.54, 1.807) is 12.1 Å². The van der Waals surface area contributed by atoms with Crippen LogP contribution in [0.2, 0.25) is 0 Å². The van der Waals surface area contributed by atoms with E-state index in [0.29, 0.717) is 18.4 Å². The summed E-state index contributed by atoms with van der Waals surface area (Å²) in [5, 5.41) is 11.4. The molecule has 1 aliphatic carbocycles. The van der Waals surface area contributed by atoms with Crippen LogP contribution in [0.1, 0.15) is 30.5 Å². The highest BCUT2D eigenvalue weighted by Gasteiger charge is 2.29. The average Bonchev–Trinajstić information content (AvgIpc) is 2.73.